The van der Waals surface area contributed by atoms with Crippen LogP contribution in [0.2, 0.25) is 0 Å². The number of piperidine rings is 1. The fraction of sp³-hybridized carbons (Fsp3) is 0.412. The molecule has 6 nitrogen and oxygen atoms in total. The standard InChI is InChI=1S/C17H20N6S/c1-2-13(9-23(5-1)10-15-8-18-12-24-15)6-14-7-16(22-11-21-14)17-19-3-4-20-17/h3-4,7-8,11-13H,1-2,5-6,9-10H2,(H,19,20). The Hall–Kier alpha value is -2.12. The van der Waals surface area contributed by atoms with Crippen molar-refractivity contribution in [2.24, 2.45) is 5.92 Å². The van der Waals surface area contributed by atoms with Gasteiger partial charge in [0, 0.05) is 42.3 Å². The van der Waals surface area contributed by atoms with Gasteiger partial charge in [-0.25, -0.2) is 15.0 Å². The van der Waals surface area contributed by atoms with E-state index in [2.05, 4.69) is 35.9 Å². The van der Waals surface area contributed by atoms with Crippen LogP contribution in [0.5, 0.6) is 0 Å². The molecule has 0 bridgehead atoms. The molecule has 0 saturated carbocycles. The third kappa shape index (κ3) is 3.68. The van der Waals surface area contributed by atoms with Gasteiger partial charge in [-0.1, -0.05) is 0 Å². The normalized spacial score (nSPS) is 18.8. The largest absolute Gasteiger partial charge is 0.343 e. The van der Waals surface area contributed by atoms with Gasteiger partial charge in [0.2, 0.25) is 0 Å². The molecule has 1 aliphatic rings. The number of H-pyrrole nitrogens is 1. The van der Waals surface area contributed by atoms with Crippen LogP contribution in [0, 0.1) is 5.92 Å². The zero-order chi connectivity index (χ0) is 16.2. The molecule has 0 spiro atoms. The van der Waals surface area contributed by atoms with Crippen LogP contribution in [-0.4, -0.2) is 42.9 Å². The molecule has 124 valence electrons. The van der Waals surface area contributed by atoms with E-state index in [1.54, 1.807) is 23.9 Å². The molecular weight excluding hydrogens is 320 g/mol. The highest BCUT2D eigenvalue weighted by molar-refractivity contribution is 7.09. The van der Waals surface area contributed by atoms with E-state index in [0.717, 1.165) is 36.7 Å². The number of aromatic nitrogens is 5. The Morgan fingerprint density at radius 2 is 2.29 bits per heavy atom. The number of hydrogen-bond donors (Lipinski definition) is 1. The van der Waals surface area contributed by atoms with E-state index in [-0.39, 0.29) is 0 Å². The summed E-state index contributed by atoms with van der Waals surface area (Å²) in [6.07, 6.45) is 10.7. The maximum Gasteiger partial charge on any atom is 0.156 e. The van der Waals surface area contributed by atoms with E-state index in [9.17, 15) is 0 Å². The van der Waals surface area contributed by atoms with Gasteiger partial charge in [0.25, 0.3) is 0 Å². The lowest BCUT2D eigenvalue weighted by atomic mass is 9.93. The number of thiazole rings is 1. The van der Waals surface area contributed by atoms with Gasteiger partial charge in [-0.05, 0) is 37.8 Å². The lowest BCUT2D eigenvalue weighted by molar-refractivity contribution is 0.167. The molecular formula is C17H20N6S. The van der Waals surface area contributed by atoms with Crippen LogP contribution in [0.1, 0.15) is 23.4 Å². The predicted octanol–water partition coefficient (Wildman–Crippen LogP) is 2.78. The first kappa shape index (κ1) is 15.4. The molecule has 24 heavy (non-hydrogen) atoms. The number of nitrogens with one attached hydrogen (secondary N) is 1. The van der Waals surface area contributed by atoms with Gasteiger partial charge < -0.3 is 4.98 Å². The number of likely N-dealkylation sites (tertiary alicyclic amines) is 1. The maximum atomic E-state index is 4.46. The molecule has 7 heteroatoms. The average Bonchev–Trinajstić information content (AvgIpc) is 3.29. The minimum absolute atomic E-state index is 0.644. The van der Waals surface area contributed by atoms with Crippen LogP contribution in [0.25, 0.3) is 11.5 Å². The van der Waals surface area contributed by atoms with Crippen LogP contribution in [0.15, 0.2) is 36.5 Å². The highest BCUT2D eigenvalue weighted by Gasteiger charge is 2.21. The summed E-state index contributed by atoms with van der Waals surface area (Å²) in [5.74, 6) is 1.44. The molecule has 1 N–H and O–H groups in total. The highest BCUT2D eigenvalue weighted by Crippen LogP contribution is 2.23. The van der Waals surface area contributed by atoms with E-state index in [0.29, 0.717) is 5.92 Å². The van der Waals surface area contributed by atoms with E-state index in [1.165, 1.54) is 24.3 Å². The molecule has 0 amide bonds. The summed E-state index contributed by atoms with van der Waals surface area (Å²) in [5.41, 5.74) is 3.87. The predicted molar refractivity (Wildman–Crippen MR) is 93.4 cm³/mol. The number of imidazole rings is 1. The molecule has 1 unspecified atom stereocenters. The lowest BCUT2D eigenvalue weighted by Crippen LogP contribution is -2.35. The van der Waals surface area contributed by atoms with Crippen molar-refractivity contribution in [3.05, 3.63) is 47.1 Å². The Kier molecular flexibility index (Phi) is 4.62. The van der Waals surface area contributed by atoms with Crippen LogP contribution >= 0.6 is 11.3 Å². The van der Waals surface area contributed by atoms with Gasteiger partial charge in [0.1, 0.15) is 12.0 Å². The van der Waals surface area contributed by atoms with Crippen molar-refractivity contribution in [2.75, 3.05) is 13.1 Å². The fourth-order valence-corrected chi connectivity index (χ4v) is 3.98. The third-order valence-corrected chi connectivity index (χ3v) is 5.19. The van der Waals surface area contributed by atoms with E-state index >= 15 is 0 Å². The summed E-state index contributed by atoms with van der Waals surface area (Å²) < 4.78 is 0. The Bertz CT molecular complexity index is 755. The van der Waals surface area contributed by atoms with Crippen LogP contribution in [-0.2, 0) is 13.0 Å². The Morgan fingerprint density at radius 1 is 1.29 bits per heavy atom. The van der Waals surface area contributed by atoms with Gasteiger partial charge in [-0.3, -0.25) is 9.88 Å². The lowest BCUT2D eigenvalue weighted by Gasteiger charge is -2.32. The summed E-state index contributed by atoms with van der Waals surface area (Å²) >= 11 is 1.74. The smallest absolute Gasteiger partial charge is 0.156 e. The van der Waals surface area contributed by atoms with Crippen LogP contribution < -0.4 is 0 Å². The fourth-order valence-electron chi connectivity index (χ4n) is 3.34. The van der Waals surface area contributed by atoms with Crippen molar-refractivity contribution in [1.82, 2.24) is 29.8 Å². The molecule has 0 radical (unpaired) electrons. The van der Waals surface area contributed by atoms with Gasteiger partial charge in [-0.2, -0.15) is 0 Å². The second-order valence-electron chi connectivity index (χ2n) is 6.25. The Morgan fingerprint density at radius 3 is 3.12 bits per heavy atom. The summed E-state index contributed by atoms with van der Waals surface area (Å²) in [4.78, 5) is 24.2. The zero-order valence-electron chi connectivity index (χ0n) is 13.4. The Balaban J connectivity index is 1.40. The minimum atomic E-state index is 0.644. The van der Waals surface area contributed by atoms with E-state index < -0.39 is 0 Å². The summed E-state index contributed by atoms with van der Waals surface area (Å²) in [6, 6.07) is 2.06. The van der Waals surface area contributed by atoms with Crippen molar-refractivity contribution in [3.8, 4) is 11.5 Å². The quantitative estimate of drug-likeness (QED) is 0.773. The third-order valence-electron chi connectivity index (χ3n) is 4.43. The Labute approximate surface area is 145 Å². The van der Waals surface area contributed by atoms with Crippen molar-refractivity contribution in [3.63, 3.8) is 0 Å². The van der Waals surface area contributed by atoms with Gasteiger partial charge in [0.05, 0.1) is 5.51 Å². The van der Waals surface area contributed by atoms with Crippen LogP contribution in [0.3, 0.4) is 0 Å². The van der Waals surface area contributed by atoms with Crippen molar-refractivity contribution in [1.29, 1.82) is 0 Å². The summed E-state index contributed by atoms with van der Waals surface area (Å²) in [5, 5.41) is 0. The summed E-state index contributed by atoms with van der Waals surface area (Å²) in [7, 11) is 0. The SMILES string of the molecule is c1nc(CC2CCCN(Cc3cncs3)C2)cc(-c2ncc[nH]2)n1. The first-order chi connectivity index (χ1) is 11.9. The molecule has 4 heterocycles. The molecule has 0 aliphatic carbocycles. The monoisotopic (exact) mass is 340 g/mol. The molecule has 3 aromatic rings. The number of hydrogen-bond acceptors (Lipinski definition) is 6. The molecule has 1 atom stereocenters. The minimum Gasteiger partial charge on any atom is -0.343 e. The highest BCUT2D eigenvalue weighted by atomic mass is 32.1. The molecule has 1 fully saturated rings. The van der Waals surface area contributed by atoms with E-state index in [4.69, 9.17) is 0 Å². The molecule has 3 aromatic heterocycles. The van der Waals surface area contributed by atoms with Gasteiger partial charge in [0.15, 0.2) is 5.82 Å². The number of rotatable bonds is 5. The van der Waals surface area contributed by atoms with Crippen molar-refractivity contribution in [2.45, 2.75) is 25.8 Å². The molecule has 0 aromatic carbocycles. The second-order valence-corrected chi connectivity index (χ2v) is 7.22. The van der Waals surface area contributed by atoms with Crippen LogP contribution in [0.4, 0.5) is 0 Å². The van der Waals surface area contributed by atoms with Crippen molar-refractivity contribution >= 4 is 11.3 Å². The second kappa shape index (κ2) is 7.19. The first-order valence-electron chi connectivity index (χ1n) is 8.27. The number of aromatic amines is 1. The van der Waals surface area contributed by atoms with Crippen molar-refractivity contribution < 1.29 is 0 Å². The zero-order valence-corrected chi connectivity index (χ0v) is 14.2. The molecule has 1 saturated heterocycles. The average molecular weight is 340 g/mol. The van der Waals surface area contributed by atoms with E-state index in [1.807, 2.05) is 17.9 Å². The first-order valence-corrected chi connectivity index (χ1v) is 9.15. The maximum absolute atomic E-state index is 4.46. The summed E-state index contributed by atoms with van der Waals surface area (Å²) in [6.45, 7) is 3.32. The topological polar surface area (TPSA) is 70.6 Å². The number of nitrogens with zero attached hydrogens (tertiary/aromatic N) is 5. The van der Waals surface area contributed by atoms with Gasteiger partial charge in [-0.15, -0.1) is 11.3 Å². The molecule has 4 rings (SSSR count). The van der Waals surface area contributed by atoms with Gasteiger partial charge >= 0.3 is 0 Å². The molecule has 1 aliphatic heterocycles.